The Hall–Kier alpha value is -1.10. The molecule has 0 N–H and O–H groups in total. The van der Waals surface area contributed by atoms with Gasteiger partial charge in [0.25, 0.3) is 0 Å². The Morgan fingerprint density at radius 2 is 1.86 bits per heavy atom. The van der Waals surface area contributed by atoms with Gasteiger partial charge in [0, 0.05) is 13.1 Å². The summed E-state index contributed by atoms with van der Waals surface area (Å²) in [6.07, 6.45) is 5.17. The summed E-state index contributed by atoms with van der Waals surface area (Å²) in [5, 5.41) is 0. The molecule has 3 saturated heterocycles. The number of fused-ring (bicyclic) bond motifs is 1. The molecule has 0 spiro atoms. The zero-order valence-electron chi connectivity index (χ0n) is 13.3. The molecule has 0 aliphatic carbocycles. The summed E-state index contributed by atoms with van der Waals surface area (Å²) in [5.74, 6) is 0.338. The highest BCUT2D eigenvalue weighted by atomic mass is 16.2. The largest absolute Gasteiger partial charge is 0.331 e. The maximum absolute atomic E-state index is 12.7. The van der Waals surface area contributed by atoms with Crippen LogP contribution in [0.5, 0.6) is 0 Å². The number of amides is 2. The van der Waals surface area contributed by atoms with Crippen molar-refractivity contribution >= 4 is 11.8 Å². The van der Waals surface area contributed by atoms with Crippen molar-refractivity contribution in [3.63, 3.8) is 0 Å². The molecular weight excluding hydrogens is 266 g/mol. The highest BCUT2D eigenvalue weighted by Crippen LogP contribution is 2.33. The zero-order chi connectivity index (χ0) is 15.0. The van der Waals surface area contributed by atoms with Gasteiger partial charge >= 0.3 is 0 Å². The number of hydrogen-bond acceptors (Lipinski definition) is 3. The summed E-state index contributed by atoms with van der Waals surface area (Å²) in [6.45, 7) is 6.25. The van der Waals surface area contributed by atoms with E-state index in [0.717, 1.165) is 58.3 Å². The molecule has 2 amide bonds. The minimum Gasteiger partial charge on any atom is -0.331 e. The fourth-order valence-corrected chi connectivity index (χ4v) is 3.94. The molecule has 3 aliphatic heterocycles. The predicted molar refractivity (Wildman–Crippen MR) is 80.8 cm³/mol. The van der Waals surface area contributed by atoms with Gasteiger partial charge in [-0.1, -0.05) is 6.92 Å². The van der Waals surface area contributed by atoms with Gasteiger partial charge in [0.1, 0.15) is 6.04 Å². The second-order valence-electron chi connectivity index (χ2n) is 7.41. The van der Waals surface area contributed by atoms with Gasteiger partial charge in [-0.3, -0.25) is 9.59 Å². The van der Waals surface area contributed by atoms with E-state index >= 15 is 0 Å². The average Bonchev–Trinajstić information content (AvgIpc) is 2.48. The minimum absolute atomic E-state index is 0.149. The van der Waals surface area contributed by atoms with Crippen molar-refractivity contribution in [2.45, 2.75) is 45.1 Å². The van der Waals surface area contributed by atoms with Gasteiger partial charge < -0.3 is 14.7 Å². The number of nitrogens with zero attached hydrogens (tertiary/aromatic N) is 3. The Balaban J connectivity index is 1.68. The minimum atomic E-state index is -0.171. The van der Waals surface area contributed by atoms with Crippen LogP contribution in [0.1, 0.15) is 39.0 Å². The van der Waals surface area contributed by atoms with E-state index in [0.29, 0.717) is 6.54 Å². The van der Waals surface area contributed by atoms with Gasteiger partial charge in [-0.25, -0.2) is 0 Å². The lowest BCUT2D eigenvalue weighted by Crippen LogP contribution is -2.62. The number of carbonyl (C=O) groups excluding carboxylic acids is 2. The molecule has 3 fully saturated rings. The quantitative estimate of drug-likeness (QED) is 0.761. The van der Waals surface area contributed by atoms with Gasteiger partial charge in [0.05, 0.1) is 6.54 Å². The van der Waals surface area contributed by atoms with Crippen LogP contribution in [-0.4, -0.2) is 72.3 Å². The molecule has 21 heavy (non-hydrogen) atoms. The van der Waals surface area contributed by atoms with Gasteiger partial charge in [-0.05, 0) is 57.7 Å². The fourth-order valence-electron chi connectivity index (χ4n) is 3.94. The summed E-state index contributed by atoms with van der Waals surface area (Å²) >= 11 is 0. The Labute approximate surface area is 127 Å². The topological polar surface area (TPSA) is 43.9 Å². The van der Waals surface area contributed by atoms with Crippen molar-refractivity contribution in [1.29, 1.82) is 0 Å². The Morgan fingerprint density at radius 3 is 2.57 bits per heavy atom. The third kappa shape index (κ3) is 2.93. The lowest BCUT2D eigenvalue weighted by molar-refractivity contribution is -0.159. The molecular formula is C16H27N3O2. The van der Waals surface area contributed by atoms with Crippen molar-refractivity contribution in [1.82, 2.24) is 14.7 Å². The molecule has 0 aromatic rings. The first-order chi connectivity index (χ1) is 9.98. The van der Waals surface area contributed by atoms with Crippen molar-refractivity contribution in [2.75, 3.05) is 39.8 Å². The maximum atomic E-state index is 12.7. The standard InChI is InChI=1S/C16H27N3O2/c1-16(6-9-17(2)10-7-16)12-18-11-14(20)19-8-4-3-5-13(19)15(18)21/h13H,3-12H2,1-2H3. The Morgan fingerprint density at radius 1 is 1.14 bits per heavy atom. The average molecular weight is 293 g/mol. The molecule has 1 unspecified atom stereocenters. The monoisotopic (exact) mass is 293 g/mol. The lowest BCUT2D eigenvalue weighted by Gasteiger charge is -2.46. The molecule has 5 heteroatoms. The van der Waals surface area contributed by atoms with Crippen LogP contribution in [0.4, 0.5) is 0 Å². The van der Waals surface area contributed by atoms with Crippen LogP contribution >= 0.6 is 0 Å². The van der Waals surface area contributed by atoms with Gasteiger partial charge in [0.15, 0.2) is 0 Å². The molecule has 0 aromatic heterocycles. The Kier molecular flexibility index (Phi) is 3.95. The lowest BCUT2D eigenvalue weighted by atomic mass is 9.79. The van der Waals surface area contributed by atoms with E-state index in [-0.39, 0.29) is 23.3 Å². The summed E-state index contributed by atoms with van der Waals surface area (Å²) in [4.78, 5) is 31.0. The molecule has 3 rings (SSSR count). The molecule has 0 bridgehead atoms. The summed E-state index contributed by atoms with van der Waals surface area (Å²) in [7, 11) is 2.15. The first-order valence-corrected chi connectivity index (χ1v) is 8.25. The number of likely N-dealkylation sites (tertiary alicyclic amines) is 1. The van der Waals surface area contributed by atoms with Crippen molar-refractivity contribution in [3.05, 3.63) is 0 Å². The maximum Gasteiger partial charge on any atom is 0.245 e. The van der Waals surface area contributed by atoms with E-state index in [1.807, 2.05) is 9.80 Å². The highest BCUT2D eigenvalue weighted by molar-refractivity contribution is 5.95. The number of rotatable bonds is 2. The van der Waals surface area contributed by atoms with Crippen LogP contribution in [0.2, 0.25) is 0 Å². The summed E-state index contributed by atoms with van der Waals surface area (Å²) < 4.78 is 0. The van der Waals surface area contributed by atoms with Crippen LogP contribution < -0.4 is 0 Å². The van der Waals surface area contributed by atoms with Crippen LogP contribution in [0, 0.1) is 5.41 Å². The van der Waals surface area contributed by atoms with Crippen LogP contribution in [-0.2, 0) is 9.59 Å². The third-order valence-electron chi connectivity index (χ3n) is 5.51. The van der Waals surface area contributed by atoms with Crippen LogP contribution in [0.25, 0.3) is 0 Å². The molecule has 118 valence electrons. The number of carbonyl (C=O) groups is 2. The summed E-state index contributed by atoms with van der Waals surface area (Å²) in [6, 6.07) is -0.171. The highest BCUT2D eigenvalue weighted by Gasteiger charge is 2.42. The van der Waals surface area contributed by atoms with E-state index in [2.05, 4.69) is 18.9 Å². The molecule has 0 aromatic carbocycles. The zero-order valence-corrected chi connectivity index (χ0v) is 13.3. The van der Waals surface area contributed by atoms with Gasteiger partial charge in [-0.2, -0.15) is 0 Å². The molecule has 0 saturated carbocycles. The number of piperazine rings is 1. The van der Waals surface area contributed by atoms with Crippen molar-refractivity contribution in [2.24, 2.45) is 5.41 Å². The van der Waals surface area contributed by atoms with E-state index in [1.54, 1.807) is 0 Å². The van der Waals surface area contributed by atoms with E-state index < -0.39 is 0 Å². The molecule has 3 aliphatic rings. The van der Waals surface area contributed by atoms with E-state index in [4.69, 9.17) is 0 Å². The fraction of sp³-hybridized carbons (Fsp3) is 0.875. The van der Waals surface area contributed by atoms with Crippen molar-refractivity contribution < 1.29 is 9.59 Å². The first kappa shape index (κ1) is 14.8. The normalized spacial score (nSPS) is 30.5. The molecule has 3 heterocycles. The second-order valence-corrected chi connectivity index (χ2v) is 7.41. The van der Waals surface area contributed by atoms with Gasteiger partial charge in [0.2, 0.25) is 11.8 Å². The third-order valence-corrected chi connectivity index (χ3v) is 5.51. The van der Waals surface area contributed by atoms with Crippen LogP contribution in [0.15, 0.2) is 0 Å². The van der Waals surface area contributed by atoms with E-state index in [1.165, 1.54) is 0 Å². The molecule has 1 atom stereocenters. The SMILES string of the molecule is CN1CCC(C)(CN2CC(=O)N3CCCCC3C2=O)CC1. The van der Waals surface area contributed by atoms with Crippen LogP contribution in [0.3, 0.4) is 0 Å². The van der Waals surface area contributed by atoms with Crippen molar-refractivity contribution in [3.8, 4) is 0 Å². The van der Waals surface area contributed by atoms with Gasteiger partial charge in [-0.15, -0.1) is 0 Å². The van der Waals surface area contributed by atoms with E-state index in [9.17, 15) is 9.59 Å². The smallest absolute Gasteiger partial charge is 0.245 e. The second kappa shape index (κ2) is 5.59. The number of piperidine rings is 2. The molecule has 5 nitrogen and oxygen atoms in total. The summed E-state index contributed by atoms with van der Waals surface area (Å²) in [5.41, 5.74) is 0.166. The first-order valence-electron chi connectivity index (χ1n) is 8.25. The molecule has 0 radical (unpaired) electrons. The Bertz CT molecular complexity index is 429. The predicted octanol–water partition coefficient (Wildman–Crippen LogP) is 0.942. The number of hydrogen-bond donors (Lipinski definition) is 0.